The number of aryl methyl sites for hydroxylation is 1. The number of rotatable bonds is 13. The second-order valence-electron chi connectivity index (χ2n) is 10.0. The molecule has 0 spiro atoms. The van der Waals surface area contributed by atoms with E-state index in [1.807, 2.05) is 45.0 Å². The number of anilines is 1. The van der Waals surface area contributed by atoms with Crippen molar-refractivity contribution < 1.29 is 27.2 Å². The summed E-state index contributed by atoms with van der Waals surface area (Å²) in [6.07, 6.45) is 2.95. The number of benzene rings is 2. The Morgan fingerprint density at radius 1 is 1.08 bits per heavy atom. The van der Waals surface area contributed by atoms with Gasteiger partial charge in [-0.3, -0.25) is 9.18 Å². The van der Waals surface area contributed by atoms with Crippen LogP contribution in [0.15, 0.2) is 65.2 Å². The third kappa shape index (κ3) is 8.19. The molecular weight excluding hydrogens is 495 g/mol. The molecule has 0 saturated heterocycles. The quantitative estimate of drug-likeness (QED) is 0.172. The van der Waals surface area contributed by atoms with Gasteiger partial charge < -0.3 is 14.2 Å². The molecule has 0 bridgehead atoms. The number of unbranched alkanes of at least 4 members (excludes halogenated alkanes) is 2. The lowest BCUT2D eigenvalue weighted by Crippen LogP contribution is -2.33. The number of amides is 1. The minimum Gasteiger partial charge on any atom is -0.435 e. The van der Waals surface area contributed by atoms with E-state index in [4.69, 9.17) is 4.52 Å². The summed E-state index contributed by atoms with van der Waals surface area (Å²) in [4.78, 5) is 19.2. The summed E-state index contributed by atoms with van der Waals surface area (Å²) in [5.74, 6) is 1.00. The number of hydrogen-bond acceptors (Lipinski definition) is 5. The summed E-state index contributed by atoms with van der Waals surface area (Å²) in [6, 6.07) is 13.6. The summed E-state index contributed by atoms with van der Waals surface area (Å²) in [7, 11) is 0. The van der Waals surface area contributed by atoms with Crippen LogP contribution < -0.4 is 9.64 Å². The van der Waals surface area contributed by atoms with Crippen LogP contribution in [0.5, 0.6) is 5.75 Å². The second-order valence-corrected chi connectivity index (χ2v) is 10.0. The van der Waals surface area contributed by atoms with E-state index in [0.29, 0.717) is 36.8 Å². The lowest BCUT2D eigenvalue weighted by atomic mass is 9.96. The Bertz CT molecular complexity index is 1200. The highest BCUT2D eigenvalue weighted by Crippen LogP contribution is 2.28. The standard InChI is InChI=1S/C29H34F3N3O3/c1-20(16-17-30)26(36)35(18-7-5-6-11-25-33-27(34-38-25)29(2,3)4)23-10-8-9-22(19-23)21-12-14-24(15-13-21)37-28(31)32/h8-10,12-15,19,28H,1,5-7,11,16-18H2,2-4H3. The van der Waals surface area contributed by atoms with Gasteiger partial charge in [-0.05, 0) is 48.2 Å². The van der Waals surface area contributed by atoms with Crippen LogP contribution in [0.3, 0.4) is 0 Å². The molecule has 1 heterocycles. The van der Waals surface area contributed by atoms with E-state index in [1.54, 1.807) is 17.0 Å². The summed E-state index contributed by atoms with van der Waals surface area (Å²) in [5, 5.41) is 4.05. The highest BCUT2D eigenvalue weighted by molar-refractivity contribution is 6.05. The molecule has 0 aliphatic rings. The zero-order valence-corrected chi connectivity index (χ0v) is 22.1. The predicted octanol–water partition coefficient (Wildman–Crippen LogP) is 7.30. The van der Waals surface area contributed by atoms with Crippen molar-refractivity contribution in [3.05, 3.63) is 72.4 Å². The van der Waals surface area contributed by atoms with Gasteiger partial charge in [-0.15, -0.1) is 0 Å². The molecule has 0 N–H and O–H groups in total. The third-order valence-electron chi connectivity index (χ3n) is 5.93. The number of hydrogen-bond donors (Lipinski definition) is 0. The van der Waals surface area contributed by atoms with Crippen LogP contribution in [0, 0.1) is 0 Å². The molecule has 9 heteroatoms. The molecule has 38 heavy (non-hydrogen) atoms. The number of carbonyl (C=O) groups excluding carboxylic acids is 1. The van der Waals surface area contributed by atoms with E-state index in [9.17, 15) is 18.0 Å². The van der Waals surface area contributed by atoms with Crippen molar-refractivity contribution in [3.8, 4) is 16.9 Å². The zero-order chi connectivity index (χ0) is 27.7. The molecule has 0 aliphatic carbocycles. The summed E-state index contributed by atoms with van der Waals surface area (Å²) in [6.45, 7) is 6.72. The van der Waals surface area contributed by atoms with Crippen molar-refractivity contribution in [1.29, 1.82) is 0 Å². The molecule has 3 rings (SSSR count). The highest BCUT2D eigenvalue weighted by Gasteiger charge is 2.21. The van der Waals surface area contributed by atoms with Gasteiger partial charge in [0.1, 0.15) is 5.75 Å². The molecule has 6 nitrogen and oxygen atoms in total. The van der Waals surface area contributed by atoms with Crippen LogP contribution in [-0.2, 0) is 16.6 Å². The highest BCUT2D eigenvalue weighted by atomic mass is 19.3. The molecule has 204 valence electrons. The monoisotopic (exact) mass is 529 g/mol. The fourth-order valence-electron chi connectivity index (χ4n) is 3.83. The Morgan fingerprint density at radius 3 is 2.45 bits per heavy atom. The van der Waals surface area contributed by atoms with E-state index >= 15 is 0 Å². The van der Waals surface area contributed by atoms with Gasteiger partial charge >= 0.3 is 6.61 Å². The summed E-state index contributed by atoms with van der Waals surface area (Å²) in [5.41, 5.74) is 2.24. The van der Waals surface area contributed by atoms with Crippen molar-refractivity contribution in [2.24, 2.45) is 0 Å². The molecule has 0 radical (unpaired) electrons. The lowest BCUT2D eigenvalue weighted by molar-refractivity contribution is -0.115. The van der Waals surface area contributed by atoms with Crippen LogP contribution in [-0.4, -0.2) is 35.9 Å². The normalized spacial score (nSPS) is 11.6. The van der Waals surface area contributed by atoms with Gasteiger partial charge in [-0.1, -0.05) is 63.2 Å². The number of carbonyl (C=O) groups is 1. The Kier molecular flexibility index (Phi) is 10.1. The fraction of sp³-hybridized carbons (Fsp3) is 0.414. The minimum absolute atomic E-state index is 0.0338. The largest absolute Gasteiger partial charge is 0.435 e. The van der Waals surface area contributed by atoms with Gasteiger partial charge in [-0.2, -0.15) is 13.8 Å². The van der Waals surface area contributed by atoms with Gasteiger partial charge in [0.15, 0.2) is 5.82 Å². The van der Waals surface area contributed by atoms with Gasteiger partial charge in [0.25, 0.3) is 5.91 Å². The molecule has 0 unspecified atom stereocenters. The van der Waals surface area contributed by atoms with Gasteiger partial charge in [0.05, 0.1) is 6.67 Å². The lowest BCUT2D eigenvalue weighted by Gasteiger charge is -2.24. The van der Waals surface area contributed by atoms with Crippen LogP contribution in [0.2, 0.25) is 0 Å². The van der Waals surface area contributed by atoms with E-state index in [-0.39, 0.29) is 29.1 Å². The first-order valence-electron chi connectivity index (χ1n) is 12.6. The van der Waals surface area contributed by atoms with E-state index < -0.39 is 13.3 Å². The van der Waals surface area contributed by atoms with E-state index in [1.165, 1.54) is 12.1 Å². The molecule has 0 fully saturated rings. The molecule has 1 aromatic heterocycles. The van der Waals surface area contributed by atoms with E-state index in [2.05, 4.69) is 21.5 Å². The Balaban J connectivity index is 1.68. The van der Waals surface area contributed by atoms with Crippen molar-refractivity contribution in [2.45, 2.75) is 64.9 Å². The van der Waals surface area contributed by atoms with Crippen molar-refractivity contribution in [1.82, 2.24) is 10.1 Å². The zero-order valence-electron chi connectivity index (χ0n) is 22.1. The number of nitrogens with zero attached hydrogens (tertiary/aromatic N) is 3. The maximum absolute atomic E-state index is 13.1. The van der Waals surface area contributed by atoms with Crippen molar-refractivity contribution >= 4 is 11.6 Å². The molecule has 0 aliphatic heterocycles. The molecule has 0 saturated carbocycles. The molecule has 3 aromatic rings. The van der Waals surface area contributed by atoms with Gasteiger partial charge in [0.2, 0.25) is 5.89 Å². The van der Waals surface area contributed by atoms with Crippen molar-refractivity contribution in [3.63, 3.8) is 0 Å². The molecule has 1 amide bonds. The first-order chi connectivity index (χ1) is 18.1. The number of alkyl halides is 3. The third-order valence-corrected chi connectivity index (χ3v) is 5.93. The number of aromatic nitrogens is 2. The van der Waals surface area contributed by atoms with Crippen LogP contribution >= 0.6 is 0 Å². The fourth-order valence-corrected chi connectivity index (χ4v) is 3.83. The Morgan fingerprint density at radius 2 is 1.82 bits per heavy atom. The van der Waals surface area contributed by atoms with Crippen LogP contribution in [0.4, 0.5) is 18.9 Å². The van der Waals surface area contributed by atoms with Gasteiger partial charge in [-0.25, -0.2) is 0 Å². The van der Waals surface area contributed by atoms with Gasteiger partial charge in [0, 0.05) is 36.1 Å². The smallest absolute Gasteiger partial charge is 0.387 e. The minimum atomic E-state index is -2.89. The molecule has 0 atom stereocenters. The number of halogens is 3. The first-order valence-corrected chi connectivity index (χ1v) is 12.6. The number of ether oxygens (including phenoxy) is 1. The Hall–Kier alpha value is -3.62. The average Bonchev–Trinajstić information content (AvgIpc) is 3.36. The summed E-state index contributed by atoms with van der Waals surface area (Å²) < 4.78 is 47.6. The first kappa shape index (κ1) is 28.9. The predicted molar refractivity (Wildman–Crippen MR) is 141 cm³/mol. The average molecular weight is 530 g/mol. The molecule has 2 aromatic carbocycles. The van der Waals surface area contributed by atoms with Crippen LogP contribution in [0.25, 0.3) is 11.1 Å². The SMILES string of the molecule is C=C(CCF)C(=O)N(CCCCCc1nc(C(C)(C)C)no1)c1cccc(-c2ccc(OC(F)F)cc2)c1. The van der Waals surface area contributed by atoms with E-state index in [0.717, 1.165) is 24.0 Å². The van der Waals surface area contributed by atoms with Crippen molar-refractivity contribution in [2.75, 3.05) is 18.1 Å². The molecular formula is C29H34F3N3O3. The topological polar surface area (TPSA) is 68.5 Å². The van der Waals surface area contributed by atoms with Crippen LogP contribution in [0.1, 0.15) is 58.2 Å². The summed E-state index contributed by atoms with van der Waals surface area (Å²) >= 11 is 0. The Labute approximate surface area is 221 Å². The maximum atomic E-state index is 13.1. The maximum Gasteiger partial charge on any atom is 0.387 e. The second kappa shape index (κ2) is 13.3.